The summed E-state index contributed by atoms with van der Waals surface area (Å²) in [5.41, 5.74) is 1.01. The van der Waals surface area contributed by atoms with Gasteiger partial charge in [0, 0.05) is 0 Å². The van der Waals surface area contributed by atoms with E-state index in [-0.39, 0.29) is 11.3 Å². The van der Waals surface area contributed by atoms with Gasteiger partial charge in [0.15, 0.2) is 0 Å². The van der Waals surface area contributed by atoms with Crippen molar-refractivity contribution in [1.82, 2.24) is 0 Å². The SMILES string of the molecule is CCCCCC(CC)c1ccc(C(=O)O)c(O)c1. The predicted octanol–water partition coefficient (Wildman–Crippen LogP) is 4.16. The summed E-state index contributed by atoms with van der Waals surface area (Å²) in [5.74, 6) is -0.808. The van der Waals surface area contributed by atoms with Gasteiger partial charge in [0.05, 0.1) is 0 Å². The highest BCUT2D eigenvalue weighted by Gasteiger charge is 2.14. The van der Waals surface area contributed by atoms with Crippen LogP contribution in [0.1, 0.15) is 67.8 Å². The summed E-state index contributed by atoms with van der Waals surface area (Å²) in [7, 11) is 0. The van der Waals surface area contributed by atoms with Gasteiger partial charge in [0.2, 0.25) is 0 Å². The number of carboxylic acid groups (broad SMARTS) is 1. The van der Waals surface area contributed by atoms with Crippen molar-refractivity contribution in [2.75, 3.05) is 0 Å². The van der Waals surface area contributed by atoms with Gasteiger partial charge in [-0.05, 0) is 36.5 Å². The van der Waals surface area contributed by atoms with E-state index in [1.54, 1.807) is 6.07 Å². The topological polar surface area (TPSA) is 57.5 Å². The Hall–Kier alpha value is -1.51. The standard InChI is InChI=1S/C15H22O3/c1-3-5-6-7-11(4-2)12-8-9-13(15(17)18)14(16)10-12/h8-11,16H,3-7H2,1-2H3,(H,17,18). The number of carboxylic acids is 1. The van der Waals surface area contributed by atoms with E-state index in [0.717, 1.165) is 18.4 Å². The smallest absolute Gasteiger partial charge is 0.339 e. The average Bonchev–Trinajstić information content (AvgIpc) is 2.34. The fourth-order valence-corrected chi connectivity index (χ4v) is 2.23. The summed E-state index contributed by atoms with van der Waals surface area (Å²) in [4.78, 5) is 10.8. The molecule has 0 aliphatic rings. The summed E-state index contributed by atoms with van der Waals surface area (Å²) >= 11 is 0. The van der Waals surface area contributed by atoms with Crippen LogP contribution >= 0.6 is 0 Å². The van der Waals surface area contributed by atoms with Gasteiger partial charge < -0.3 is 10.2 Å². The molecule has 0 amide bonds. The predicted molar refractivity (Wildman–Crippen MR) is 72.2 cm³/mol. The Labute approximate surface area is 108 Å². The fraction of sp³-hybridized carbons (Fsp3) is 0.533. The number of phenols is 1. The van der Waals surface area contributed by atoms with Crippen molar-refractivity contribution in [3.05, 3.63) is 29.3 Å². The molecule has 1 rings (SSSR count). The molecule has 0 fully saturated rings. The number of rotatable bonds is 7. The number of benzene rings is 1. The molecule has 1 aromatic rings. The minimum atomic E-state index is -1.09. The maximum atomic E-state index is 10.8. The molecule has 1 unspecified atom stereocenters. The summed E-state index contributed by atoms with van der Waals surface area (Å²) in [6.45, 7) is 4.30. The average molecular weight is 250 g/mol. The van der Waals surface area contributed by atoms with E-state index in [4.69, 9.17) is 5.11 Å². The van der Waals surface area contributed by atoms with Gasteiger partial charge in [-0.1, -0.05) is 39.2 Å². The van der Waals surface area contributed by atoms with Gasteiger partial charge in [0.25, 0.3) is 0 Å². The third kappa shape index (κ3) is 3.76. The molecule has 1 aromatic carbocycles. The van der Waals surface area contributed by atoms with Crippen LogP contribution in [-0.2, 0) is 0 Å². The highest BCUT2D eigenvalue weighted by Crippen LogP contribution is 2.29. The molecule has 0 aliphatic heterocycles. The van der Waals surface area contributed by atoms with E-state index in [0.29, 0.717) is 5.92 Å². The Kier molecular flexibility index (Phi) is 5.69. The highest BCUT2D eigenvalue weighted by atomic mass is 16.4. The first-order valence-corrected chi connectivity index (χ1v) is 6.66. The largest absolute Gasteiger partial charge is 0.507 e. The highest BCUT2D eigenvalue weighted by molar-refractivity contribution is 5.90. The third-order valence-corrected chi connectivity index (χ3v) is 3.37. The normalized spacial score (nSPS) is 12.3. The lowest BCUT2D eigenvalue weighted by Crippen LogP contribution is -2.01. The van der Waals surface area contributed by atoms with E-state index >= 15 is 0 Å². The van der Waals surface area contributed by atoms with Crippen LogP contribution in [0.4, 0.5) is 0 Å². The molecule has 0 saturated heterocycles. The van der Waals surface area contributed by atoms with Crippen LogP contribution in [0.2, 0.25) is 0 Å². The molecule has 0 aromatic heterocycles. The number of hydrogen-bond acceptors (Lipinski definition) is 2. The van der Waals surface area contributed by atoms with Crippen molar-refractivity contribution in [3.8, 4) is 5.75 Å². The first-order chi connectivity index (χ1) is 8.60. The van der Waals surface area contributed by atoms with Gasteiger partial charge in [-0.25, -0.2) is 4.79 Å². The zero-order valence-corrected chi connectivity index (χ0v) is 11.1. The van der Waals surface area contributed by atoms with Crippen LogP contribution in [0.25, 0.3) is 0 Å². The monoisotopic (exact) mass is 250 g/mol. The van der Waals surface area contributed by atoms with Crippen LogP contribution in [0, 0.1) is 0 Å². The Morgan fingerprint density at radius 3 is 2.50 bits per heavy atom. The van der Waals surface area contributed by atoms with E-state index in [9.17, 15) is 9.90 Å². The molecule has 100 valence electrons. The molecule has 3 nitrogen and oxygen atoms in total. The minimum absolute atomic E-state index is 0.0258. The second-order valence-electron chi connectivity index (χ2n) is 4.68. The van der Waals surface area contributed by atoms with Gasteiger partial charge in [-0.3, -0.25) is 0 Å². The molecule has 0 saturated carbocycles. The van der Waals surface area contributed by atoms with Crippen molar-refractivity contribution in [2.24, 2.45) is 0 Å². The van der Waals surface area contributed by atoms with Crippen molar-refractivity contribution < 1.29 is 15.0 Å². The zero-order valence-electron chi connectivity index (χ0n) is 11.1. The molecule has 18 heavy (non-hydrogen) atoms. The number of aromatic hydroxyl groups is 1. The second-order valence-corrected chi connectivity index (χ2v) is 4.68. The summed E-state index contributed by atoms with van der Waals surface area (Å²) in [6, 6.07) is 4.92. The number of carbonyl (C=O) groups is 1. The van der Waals surface area contributed by atoms with Crippen molar-refractivity contribution in [3.63, 3.8) is 0 Å². The first kappa shape index (κ1) is 14.6. The fourth-order valence-electron chi connectivity index (χ4n) is 2.23. The van der Waals surface area contributed by atoms with Crippen LogP contribution < -0.4 is 0 Å². The number of aromatic carboxylic acids is 1. The van der Waals surface area contributed by atoms with Gasteiger partial charge >= 0.3 is 5.97 Å². The second kappa shape index (κ2) is 7.04. The molecule has 3 heteroatoms. The molecular weight excluding hydrogens is 228 g/mol. The minimum Gasteiger partial charge on any atom is -0.507 e. The zero-order chi connectivity index (χ0) is 13.5. The summed E-state index contributed by atoms with van der Waals surface area (Å²) in [5, 5.41) is 18.6. The third-order valence-electron chi connectivity index (χ3n) is 3.37. The van der Waals surface area contributed by atoms with Crippen LogP contribution in [0.5, 0.6) is 5.75 Å². The first-order valence-electron chi connectivity index (χ1n) is 6.66. The van der Waals surface area contributed by atoms with E-state index < -0.39 is 5.97 Å². The molecular formula is C15H22O3. The molecule has 0 heterocycles. The van der Waals surface area contributed by atoms with E-state index in [2.05, 4.69) is 13.8 Å². The Morgan fingerprint density at radius 1 is 1.28 bits per heavy atom. The number of hydrogen-bond donors (Lipinski definition) is 2. The number of unbranched alkanes of at least 4 members (excludes halogenated alkanes) is 2. The maximum Gasteiger partial charge on any atom is 0.339 e. The Bertz CT molecular complexity index is 399. The molecule has 0 spiro atoms. The van der Waals surface area contributed by atoms with Gasteiger partial charge in [0.1, 0.15) is 11.3 Å². The lowest BCUT2D eigenvalue weighted by molar-refractivity contribution is 0.0693. The van der Waals surface area contributed by atoms with Crippen LogP contribution in [0.3, 0.4) is 0 Å². The van der Waals surface area contributed by atoms with Gasteiger partial charge in [-0.15, -0.1) is 0 Å². The van der Waals surface area contributed by atoms with Crippen LogP contribution in [-0.4, -0.2) is 16.2 Å². The Morgan fingerprint density at radius 2 is 2.00 bits per heavy atom. The lowest BCUT2D eigenvalue weighted by Gasteiger charge is -2.16. The summed E-state index contributed by atoms with van der Waals surface area (Å²) in [6.07, 6.45) is 5.69. The molecule has 2 N–H and O–H groups in total. The van der Waals surface area contributed by atoms with Crippen molar-refractivity contribution in [2.45, 2.75) is 51.9 Å². The van der Waals surface area contributed by atoms with E-state index in [1.165, 1.54) is 25.3 Å². The molecule has 1 atom stereocenters. The van der Waals surface area contributed by atoms with Crippen molar-refractivity contribution >= 4 is 5.97 Å². The molecule has 0 bridgehead atoms. The maximum absolute atomic E-state index is 10.8. The van der Waals surface area contributed by atoms with Gasteiger partial charge in [-0.2, -0.15) is 0 Å². The van der Waals surface area contributed by atoms with Crippen LogP contribution in [0.15, 0.2) is 18.2 Å². The quantitative estimate of drug-likeness (QED) is 0.714. The lowest BCUT2D eigenvalue weighted by atomic mass is 9.90. The molecule has 0 radical (unpaired) electrons. The summed E-state index contributed by atoms with van der Waals surface area (Å²) < 4.78 is 0. The van der Waals surface area contributed by atoms with E-state index in [1.807, 2.05) is 6.07 Å². The van der Waals surface area contributed by atoms with Crippen molar-refractivity contribution in [1.29, 1.82) is 0 Å². The molecule has 0 aliphatic carbocycles. The Balaban J connectivity index is 2.80.